The van der Waals surface area contributed by atoms with E-state index in [-0.39, 0.29) is 0 Å². The van der Waals surface area contributed by atoms with Gasteiger partial charge < -0.3 is 0 Å². The first kappa shape index (κ1) is 8.35. The second-order valence-electron chi connectivity index (χ2n) is 2.21. The molecule has 0 aromatic carbocycles. The molecule has 0 aromatic rings. The van der Waals surface area contributed by atoms with E-state index in [1.165, 1.54) is 16.6 Å². The molecule has 0 unspecified atom stereocenters. The van der Waals surface area contributed by atoms with Crippen molar-refractivity contribution in [2.45, 2.75) is 4.58 Å². The van der Waals surface area contributed by atoms with E-state index in [0.29, 0.717) is 0 Å². The van der Waals surface area contributed by atoms with Crippen LogP contribution >= 0.6 is 54.9 Å². The molecule has 0 amide bonds. The molecule has 0 saturated carbocycles. The van der Waals surface area contributed by atoms with Gasteiger partial charge in [-0.1, -0.05) is 43.2 Å². The Morgan fingerprint density at radius 2 is 1.70 bits per heavy atom. The summed E-state index contributed by atoms with van der Waals surface area (Å²) in [5.74, 6) is 3.83. The van der Waals surface area contributed by atoms with Crippen molar-refractivity contribution < 1.29 is 0 Å². The van der Waals surface area contributed by atoms with Crippen molar-refractivity contribution in [3.05, 3.63) is 0 Å². The van der Waals surface area contributed by atoms with Crippen LogP contribution in [0.1, 0.15) is 0 Å². The molecule has 10 heavy (non-hydrogen) atoms. The maximum Gasteiger partial charge on any atom is 0.0753 e. The first-order chi connectivity index (χ1) is 4.97. The van der Waals surface area contributed by atoms with Crippen molar-refractivity contribution >= 4 is 54.9 Å². The zero-order valence-corrected chi connectivity index (χ0v) is 9.40. The van der Waals surface area contributed by atoms with Gasteiger partial charge in [-0.05, 0) is 17.4 Å². The summed E-state index contributed by atoms with van der Waals surface area (Å²) in [5.41, 5.74) is 0. The highest BCUT2D eigenvalue weighted by atomic mass is 33.2. The third kappa shape index (κ3) is 1.91. The number of hydrogen-bond donors (Lipinski definition) is 0. The van der Waals surface area contributed by atoms with Crippen LogP contribution in [0.3, 0.4) is 0 Å². The summed E-state index contributed by atoms with van der Waals surface area (Å²) in [5, 5.41) is 1.27. The summed E-state index contributed by atoms with van der Waals surface area (Å²) in [4.78, 5) is 0. The zero-order valence-electron chi connectivity index (χ0n) is 5.32. The van der Waals surface area contributed by atoms with E-state index < -0.39 is 0 Å². The highest BCUT2D eigenvalue weighted by Gasteiger charge is 2.30. The minimum absolute atomic E-state index is 0.894. The fraction of sp³-hybridized carbons (Fsp3) is 1.00. The van der Waals surface area contributed by atoms with E-state index in [1.54, 1.807) is 0 Å². The highest BCUT2D eigenvalue weighted by molar-refractivity contribution is 8.92. The van der Waals surface area contributed by atoms with Crippen LogP contribution in [-0.2, 0) is 0 Å². The predicted octanol–water partition coefficient (Wildman–Crippen LogP) is 3.41. The molecular formula is C5H8S5. The monoisotopic (exact) mass is 228 g/mol. The first-order valence-corrected chi connectivity index (χ1v) is 9.03. The van der Waals surface area contributed by atoms with E-state index in [9.17, 15) is 0 Å². The molecule has 2 rings (SSSR count). The number of thioether (sulfide) groups is 1. The van der Waals surface area contributed by atoms with Gasteiger partial charge in [0, 0.05) is 0 Å². The SMILES string of the molecule is C1SSC(C2CSC2)SS1. The molecule has 2 heterocycles. The van der Waals surface area contributed by atoms with Crippen molar-refractivity contribution in [3.8, 4) is 0 Å². The molecule has 5 heteroatoms. The Labute approximate surface area is 81.6 Å². The van der Waals surface area contributed by atoms with E-state index in [0.717, 1.165) is 10.5 Å². The van der Waals surface area contributed by atoms with Crippen LogP contribution in [0.25, 0.3) is 0 Å². The molecule has 0 radical (unpaired) electrons. The molecule has 0 atom stereocenters. The van der Waals surface area contributed by atoms with Crippen LogP contribution in [0.15, 0.2) is 0 Å². The van der Waals surface area contributed by atoms with E-state index in [4.69, 9.17) is 0 Å². The van der Waals surface area contributed by atoms with Gasteiger partial charge in [0.05, 0.1) is 9.67 Å². The molecule has 2 saturated heterocycles. The molecule has 0 aliphatic carbocycles. The van der Waals surface area contributed by atoms with Gasteiger partial charge in [-0.3, -0.25) is 0 Å². The molecule has 2 aliphatic heterocycles. The second kappa shape index (κ2) is 4.12. The Morgan fingerprint density at radius 3 is 2.20 bits per heavy atom. The number of hydrogen-bond acceptors (Lipinski definition) is 5. The molecule has 0 aromatic heterocycles. The lowest BCUT2D eigenvalue weighted by atomic mass is 10.2. The molecule has 0 bridgehead atoms. The van der Waals surface area contributed by atoms with Crippen LogP contribution < -0.4 is 0 Å². The second-order valence-corrected chi connectivity index (χ2v) is 8.97. The summed E-state index contributed by atoms with van der Waals surface area (Å²) in [6, 6.07) is 0. The lowest BCUT2D eigenvalue weighted by molar-refractivity contribution is 0.712. The lowest BCUT2D eigenvalue weighted by Gasteiger charge is -2.33. The third-order valence-corrected chi connectivity index (χ3v) is 10.1. The molecular weight excluding hydrogens is 220 g/mol. The molecule has 0 N–H and O–H groups in total. The van der Waals surface area contributed by atoms with Crippen molar-refractivity contribution in [2.24, 2.45) is 5.92 Å². The minimum atomic E-state index is 0.894. The van der Waals surface area contributed by atoms with Gasteiger partial charge >= 0.3 is 0 Å². The summed E-state index contributed by atoms with van der Waals surface area (Å²) >= 11 is 2.09. The molecule has 2 fully saturated rings. The van der Waals surface area contributed by atoms with Gasteiger partial charge in [-0.15, -0.1) is 0 Å². The maximum atomic E-state index is 2.09. The summed E-state index contributed by atoms with van der Waals surface area (Å²) in [6.45, 7) is 0. The topological polar surface area (TPSA) is 0 Å². The van der Waals surface area contributed by atoms with Crippen LogP contribution in [0, 0.1) is 5.92 Å². The fourth-order valence-electron chi connectivity index (χ4n) is 0.794. The quantitative estimate of drug-likeness (QED) is 0.629. The molecule has 2 aliphatic rings. The van der Waals surface area contributed by atoms with Crippen molar-refractivity contribution in [3.63, 3.8) is 0 Å². The lowest BCUT2D eigenvalue weighted by Crippen LogP contribution is -2.27. The minimum Gasteiger partial charge on any atom is -0.161 e. The maximum absolute atomic E-state index is 2.09. The Balaban J connectivity index is 1.78. The highest BCUT2D eigenvalue weighted by Crippen LogP contribution is 2.53. The van der Waals surface area contributed by atoms with Gasteiger partial charge in [0.15, 0.2) is 0 Å². The molecule has 58 valence electrons. The smallest absolute Gasteiger partial charge is 0.0753 e. The van der Waals surface area contributed by atoms with Gasteiger partial charge in [-0.2, -0.15) is 11.8 Å². The van der Waals surface area contributed by atoms with Gasteiger partial charge in [0.1, 0.15) is 0 Å². The average Bonchev–Trinajstić information content (AvgIpc) is 1.86. The van der Waals surface area contributed by atoms with Crippen LogP contribution in [0.4, 0.5) is 0 Å². The van der Waals surface area contributed by atoms with Crippen LogP contribution in [0.2, 0.25) is 0 Å². The Kier molecular flexibility index (Phi) is 3.44. The summed E-state index contributed by atoms with van der Waals surface area (Å²) in [6.07, 6.45) is 0. The summed E-state index contributed by atoms with van der Waals surface area (Å²) < 4.78 is 0.894. The Hall–Kier alpha value is 1.75. The third-order valence-electron chi connectivity index (χ3n) is 1.47. The Morgan fingerprint density at radius 1 is 1.00 bits per heavy atom. The molecule has 0 spiro atoms. The van der Waals surface area contributed by atoms with Crippen LogP contribution in [0.5, 0.6) is 0 Å². The standard InChI is InChI=1S/C5H8S5/c1-4(2-6-1)5-9-7-3-8-10-5/h4-5H,1-3H2. The van der Waals surface area contributed by atoms with Gasteiger partial charge in [0.25, 0.3) is 0 Å². The predicted molar refractivity (Wildman–Crippen MR) is 59.8 cm³/mol. The van der Waals surface area contributed by atoms with Crippen LogP contribution in [-0.4, -0.2) is 21.2 Å². The van der Waals surface area contributed by atoms with E-state index >= 15 is 0 Å². The van der Waals surface area contributed by atoms with Gasteiger partial charge in [-0.25, -0.2) is 0 Å². The average molecular weight is 228 g/mol. The summed E-state index contributed by atoms with van der Waals surface area (Å²) in [7, 11) is 8.25. The Bertz CT molecular complexity index is 107. The molecule has 0 nitrogen and oxygen atoms in total. The number of rotatable bonds is 1. The van der Waals surface area contributed by atoms with E-state index in [2.05, 4.69) is 33.3 Å². The van der Waals surface area contributed by atoms with Crippen molar-refractivity contribution in [2.75, 3.05) is 16.6 Å². The first-order valence-electron chi connectivity index (χ1n) is 3.11. The van der Waals surface area contributed by atoms with Crippen molar-refractivity contribution in [1.29, 1.82) is 0 Å². The fourth-order valence-corrected chi connectivity index (χ4v) is 10.2. The van der Waals surface area contributed by atoms with Gasteiger partial charge in [0.2, 0.25) is 0 Å². The largest absolute Gasteiger partial charge is 0.161 e. The normalized spacial score (nSPS) is 30.0. The van der Waals surface area contributed by atoms with E-state index in [1.807, 2.05) is 21.6 Å². The van der Waals surface area contributed by atoms with Crippen molar-refractivity contribution in [1.82, 2.24) is 0 Å². The zero-order chi connectivity index (χ0) is 6.81.